The third-order valence-electron chi connectivity index (χ3n) is 1.19. The first-order valence-corrected chi connectivity index (χ1v) is 3.77. The topological polar surface area (TPSA) is 56.6 Å². The first-order valence-electron chi connectivity index (χ1n) is 2.98. The smallest absolute Gasteiger partial charge is 0.196 e. The van der Waals surface area contributed by atoms with E-state index in [9.17, 15) is 4.79 Å². The Balaban J connectivity index is 3.08. The minimum absolute atomic E-state index is 0.103. The van der Waals surface area contributed by atoms with Gasteiger partial charge in [-0.3, -0.25) is 4.79 Å². The Bertz CT molecular complexity index is 350. The maximum absolute atomic E-state index is 10.9. The van der Waals surface area contributed by atoms with Crippen molar-refractivity contribution in [3.05, 3.63) is 32.7 Å². The van der Waals surface area contributed by atoms with E-state index in [1.165, 1.54) is 12.3 Å². The van der Waals surface area contributed by atoms with Crippen molar-refractivity contribution in [2.24, 2.45) is 0 Å². The van der Waals surface area contributed by atoms with Crippen LogP contribution in [0.2, 0.25) is 0 Å². The molecular weight excluding hydrogens is 208 g/mol. The van der Waals surface area contributed by atoms with Crippen LogP contribution in [0.15, 0.2) is 21.5 Å². The SMILES string of the molecule is N#CCc1cc(=O)c(Br)c[nH]1. The molecule has 3 nitrogen and oxygen atoms in total. The molecule has 56 valence electrons. The van der Waals surface area contributed by atoms with E-state index >= 15 is 0 Å². The molecule has 0 atom stereocenters. The van der Waals surface area contributed by atoms with Gasteiger partial charge in [0.05, 0.1) is 17.0 Å². The van der Waals surface area contributed by atoms with Crippen LogP contribution >= 0.6 is 15.9 Å². The quantitative estimate of drug-likeness (QED) is 0.761. The van der Waals surface area contributed by atoms with Crippen molar-refractivity contribution in [2.75, 3.05) is 0 Å². The highest BCUT2D eigenvalue weighted by Crippen LogP contribution is 2.00. The summed E-state index contributed by atoms with van der Waals surface area (Å²) in [6, 6.07) is 3.36. The first kappa shape index (κ1) is 8.02. The highest BCUT2D eigenvalue weighted by molar-refractivity contribution is 9.10. The average Bonchev–Trinajstić information content (AvgIpc) is 1.98. The fourth-order valence-electron chi connectivity index (χ4n) is 0.683. The molecule has 0 spiro atoms. The summed E-state index contributed by atoms with van der Waals surface area (Å²) in [5.74, 6) is 0. The van der Waals surface area contributed by atoms with E-state index in [2.05, 4.69) is 20.9 Å². The summed E-state index contributed by atoms with van der Waals surface area (Å²) in [4.78, 5) is 13.7. The minimum Gasteiger partial charge on any atom is -0.363 e. The van der Waals surface area contributed by atoms with Crippen molar-refractivity contribution in [2.45, 2.75) is 6.42 Å². The second kappa shape index (κ2) is 3.35. The van der Waals surface area contributed by atoms with E-state index < -0.39 is 0 Å². The zero-order valence-electron chi connectivity index (χ0n) is 5.60. The summed E-state index contributed by atoms with van der Waals surface area (Å²) in [6.07, 6.45) is 1.78. The van der Waals surface area contributed by atoms with Crippen molar-refractivity contribution in [3.63, 3.8) is 0 Å². The summed E-state index contributed by atoms with van der Waals surface area (Å²) in [6.45, 7) is 0. The number of nitriles is 1. The van der Waals surface area contributed by atoms with Crippen LogP contribution in [0.4, 0.5) is 0 Å². The number of H-pyrrole nitrogens is 1. The Hall–Kier alpha value is -1.08. The molecule has 11 heavy (non-hydrogen) atoms. The molecule has 0 bridgehead atoms. The highest BCUT2D eigenvalue weighted by atomic mass is 79.9. The lowest BCUT2D eigenvalue weighted by Crippen LogP contribution is -2.03. The molecule has 0 saturated heterocycles. The number of aromatic amines is 1. The first-order chi connectivity index (χ1) is 5.24. The van der Waals surface area contributed by atoms with Gasteiger partial charge < -0.3 is 4.98 Å². The van der Waals surface area contributed by atoms with Crippen molar-refractivity contribution < 1.29 is 0 Å². The number of hydrogen-bond donors (Lipinski definition) is 1. The second-order valence-electron chi connectivity index (χ2n) is 2.01. The molecule has 1 N–H and O–H groups in total. The number of aromatic nitrogens is 1. The van der Waals surface area contributed by atoms with E-state index in [1.807, 2.05) is 6.07 Å². The lowest BCUT2D eigenvalue weighted by atomic mass is 10.3. The van der Waals surface area contributed by atoms with Gasteiger partial charge in [-0.2, -0.15) is 5.26 Å². The fraction of sp³-hybridized carbons (Fsp3) is 0.143. The average molecular weight is 213 g/mol. The molecular formula is C7H5BrN2O. The van der Waals surface area contributed by atoms with E-state index in [0.717, 1.165) is 0 Å². The Kier molecular flexibility index (Phi) is 2.44. The van der Waals surface area contributed by atoms with Crippen LogP contribution in [0.3, 0.4) is 0 Å². The van der Waals surface area contributed by atoms with Crippen LogP contribution in [0.1, 0.15) is 5.69 Å². The van der Waals surface area contributed by atoms with E-state index in [4.69, 9.17) is 5.26 Å². The highest BCUT2D eigenvalue weighted by Gasteiger charge is 1.96. The number of hydrogen-bond acceptors (Lipinski definition) is 2. The van der Waals surface area contributed by atoms with Crippen molar-refractivity contribution in [1.29, 1.82) is 5.26 Å². The molecule has 4 heteroatoms. The lowest BCUT2D eigenvalue weighted by molar-refractivity contribution is 1.10. The van der Waals surface area contributed by atoms with Gasteiger partial charge in [-0.05, 0) is 15.9 Å². The molecule has 0 saturated carbocycles. The van der Waals surface area contributed by atoms with E-state index in [-0.39, 0.29) is 11.8 Å². The van der Waals surface area contributed by atoms with Crippen molar-refractivity contribution in [3.8, 4) is 6.07 Å². The normalized spacial score (nSPS) is 9.09. The number of pyridine rings is 1. The summed E-state index contributed by atoms with van der Waals surface area (Å²) in [5.41, 5.74) is 0.537. The Labute approximate surface area is 71.8 Å². The monoisotopic (exact) mass is 212 g/mol. The summed E-state index contributed by atoms with van der Waals surface area (Å²) in [5, 5.41) is 8.30. The Morgan fingerprint density at radius 1 is 1.73 bits per heavy atom. The minimum atomic E-state index is -0.103. The molecule has 1 rings (SSSR count). The van der Waals surface area contributed by atoms with Crippen LogP contribution < -0.4 is 5.43 Å². The van der Waals surface area contributed by atoms with Crippen LogP contribution in [-0.4, -0.2) is 4.98 Å². The van der Waals surface area contributed by atoms with Gasteiger partial charge in [0.1, 0.15) is 0 Å². The van der Waals surface area contributed by atoms with Gasteiger partial charge in [0.2, 0.25) is 0 Å². The van der Waals surface area contributed by atoms with Crippen LogP contribution in [-0.2, 0) is 6.42 Å². The molecule has 0 radical (unpaired) electrons. The van der Waals surface area contributed by atoms with Gasteiger partial charge in [-0.1, -0.05) is 0 Å². The Morgan fingerprint density at radius 3 is 3.00 bits per heavy atom. The summed E-state index contributed by atoms with van der Waals surface area (Å²) in [7, 11) is 0. The molecule has 1 aromatic heterocycles. The number of nitrogens with zero attached hydrogens (tertiary/aromatic N) is 1. The maximum atomic E-state index is 10.9. The van der Waals surface area contributed by atoms with Gasteiger partial charge in [0, 0.05) is 18.0 Å². The zero-order valence-corrected chi connectivity index (χ0v) is 7.18. The molecule has 1 aromatic rings. The molecule has 0 aliphatic heterocycles. The van der Waals surface area contributed by atoms with Crippen LogP contribution in [0, 0.1) is 11.3 Å². The molecule has 0 fully saturated rings. The third-order valence-corrected chi connectivity index (χ3v) is 1.81. The number of rotatable bonds is 1. The number of nitrogens with one attached hydrogen (secondary N) is 1. The van der Waals surface area contributed by atoms with Crippen molar-refractivity contribution >= 4 is 15.9 Å². The predicted molar refractivity (Wildman–Crippen MR) is 44.1 cm³/mol. The third kappa shape index (κ3) is 1.92. The summed E-state index contributed by atoms with van der Waals surface area (Å²) >= 11 is 3.05. The second-order valence-corrected chi connectivity index (χ2v) is 2.86. The lowest BCUT2D eigenvalue weighted by Gasteiger charge is -1.93. The van der Waals surface area contributed by atoms with Gasteiger partial charge in [-0.15, -0.1) is 0 Å². The molecule has 0 aromatic carbocycles. The largest absolute Gasteiger partial charge is 0.363 e. The predicted octanol–water partition coefficient (Wildman–Crippen LogP) is 1.20. The zero-order chi connectivity index (χ0) is 8.27. The molecule has 0 aliphatic rings. The van der Waals surface area contributed by atoms with E-state index in [0.29, 0.717) is 10.2 Å². The molecule has 0 aliphatic carbocycles. The Morgan fingerprint density at radius 2 is 2.45 bits per heavy atom. The van der Waals surface area contributed by atoms with E-state index in [1.54, 1.807) is 0 Å². The molecule has 0 unspecified atom stereocenters. The molecule has 0 amide bonds. The maximum Gasteiger partial charge on any atom is 0.196 e. The standard InChI is InChI=1S/C7H5BrN2O/c8-6-4-10-5(1-2-9)3-7(6)11/h3-4H,1H2,(H,10,11). The van der Waals surface area contributed by atoms with Gasteiger partial charge in [0.15, 0.2) is 5.43 Å². The van der Waals surface area contributed by atoms with Gasteiger partial charge in [0.25, 0.3) is 0 Å². The van der Waals surface area contributed by atoms with Gasteiger partial charge in [-0.25, -0.2) is 0 Å². The molecule has 1 heterocycles. The van der Waals surface area contributed by atoms with Gasteiger partial charge >= 0.3 is 0 Å². The number of halogens is 1. The van der Waals surface area contributed by atoms with Crippen molar-refractivity contribution in [1.82, 2.24) is 4.98 Å². The fourth-order valence-corrected chi connectivity index (χ4v) is 0.912. The van der Waals surface area contributed by atoms with Crippen LogP contribution in [0.5, 0.6) is 0 Å². The van der Waals surface area contributed by atoms with Crippen LogP contribution in [0.25, 0.3) is 0 Å². The summed E-state index contributed by atoms with van der Waals surface area (Å²) < 4.78 is 0.485.